The van der Waals surface area contributed by atoms with Crippen molar-refractivity contribution < 1.29 is 23.7 Å². The molecule has 27 heavy (non-hydrogen) atoms. The Kier molecular flexibility index (Phi) is 5.36. The highest BCUT2D eigenvalue weighted by Gasteiger charge is 2.16. The minimum absolute atomic E-state index is 0.178. The third-order valence-electron chi connectivity index (χ3n) is 4.39. The van der Waals surface area contributed by atoms with Gasteiger partial charge >= 0.3 is 0 Å². The molecule has 1 aromatic carbocycles. The summed E-state index contributed by atoms with van der Waals surface area (Å²) in [5, 5.41) is 2.81. The first-order valence-electron chi connectivity index (χ1n) is 8.88. The van der Waals surface area contributed by atoms with Crippen LogP contribution in [0.1, 0.15) is 10.4 Å². The van der Waals surface area contributed by atoms with E-state index < -0.39 is 0 Å². The van der Waals surface area contributed by atoms with E-state index in [2.05, 4.69) is 15.2 Å². The van der Waals surface area contributed by atoms with Gasteiger partial charge in [-0.2, -0.15) is 0 Å². The van der Waals surface area contributed by atoms with Crippen molar-refractivity contribution in [1.82, 2.24) is 9.88 Å². The van der Waals surface area contributed by atoms with Crippen molar-refractivity contribution >= 4 is 11.6 Å². The molecule has 0 spiro atoms. The summed E-state index contributed by atoms with van der Waals surface area (Å²) in [4.78, 5) is 18.9. The van der Waals surface area contributed by atoms with Crippen molar-refractivity contribution in [3.8, 4) is 17.4 Å². The number of hydrogen-bond acceptors (Lipinski definition) is 7. The fraction of sp³-hybridized carbons (Fsp3) is 0.368. The van der Waals surface area contributed by atoms with E-state index in [1.807, 2.05) is 0 Å². The fourth-order valence-electron chi connectivity index (χ4n) is 2.88. The number of fused-ring (bicyclic) bond motifs is 1. The number of pyridine rings is 1. The second-order valence-electron chi connectivity index (χ2n) is 6.21. The van der Waals surface area contributed by atoms with Crippen LogP contribution < -0.4 is 19.5 Å². The Balaban J connectivity index is 1.27. The first-order valence-corrected chi connectivity index (χ1v) is 8.88. The maximum atomic E-state index is 12.4. The van der Waals surface area contributed by atoms with Gasteiger partial charge in [-0.1, -0.05) is 0 Å². The van der Waals surface area contributed by atoms with Crippen molar-refractivity contribution in [2.75, 3.05) is 51.6 Å². The largest absolute Gasteiger partial charge is 0.476 e. The molecule has 142 valence electrons. The predicted molar refractivity (Wildman–Crippen MR) is 97.5 cm³/mol. The Morgan fingerprint density at radius 2 is 2.00 bits per heavy atom. The summed E-state index contributed by atoms with van der Waals surface area (Å²) in [6, 6.07) is 8.59. The summed E-state index contributed by atoms with van der Waals surface area (Å²) in [7, 11) is 0. The normalized spacial score (nSPS) is 16.1. The standard InChI is InChI=1S/C19H21N3O5/c23-19(14-1-3-16-17(11-14)27-13-26-16)21-15-2-4-18(20-12-15)25-10-7-22-5-8-24-9-6-22/h1-4,11-12H,5-10,13H2,(H,21,23). The van der Waals surface area contributed by atoms with E-state index in [-0.39, 0.29) is 12.7 Å². The number of rotatable bonds is 6. The molecule has 1 aromatic heterocycles. The molecule has 4 rings (SSSR count). The molecule has 8 heteroatoms. The van der Waals surface area contributed by atoms with Crippen molar-refractivity contribution in [1.29, 1.82) is 0 Å². The average molecular weight is 371 g/mol. The monoisotopic (exact) mass is 371 g/mol. The summed E-state index contributed by atoms with van der Waals surface area (Å²) in [5.74, 6) is 1.51. The van der Waals surface area contributed by atoms with Crippen molar-refractivity contribution in [3.63, 3.8) is 0 Å². The van der Waals surface area contributed by atoms with Crippen LogP contribution in [0.15, 0.2) is 36.5 Å². The maximum Gasteiger partial charge on any atom is 0.255 e. The van der Waals surface area contributed by atoms with Crippen molar-refractivity contribution in [2.45, 2.75) is 0 Å². The zero-order chi connectivity index (χ0) is 18.5. The molecule has 1 fully saturated rings. The summed E-state index contributed by atoms with van der Waals surface area (Å²) in [5.41, 5.74) is 1.09. The van der Waals surface area contributed by atoms with Gasteiger partial charge in [0.2, 0.25) is 12.7 Å². The molecule has 0 unspecified atom stereocenters. The molecule has 1 amide bonds. The molecule has 2 aromatic rings. The van der Waals surface area contributed by atoms with Crippen LogP contribution in [0, 0.1) is 0 Å². The Labute approximate surface area is 157 Å². The number of nitrogens with zero attached hydrogens (tertiary/aromatic N) is 2. The van der Waals surface area contributed by atoms with Gasteiger partial charge in [0.25, 0.3) is 5.91 Å². The third-order valence-corrected chi connectivity index (χ3v) is 4.39. The van der Waals surface area contributed by atoms with E-state index in [4.69, 9.17) is 18.9 Å². The molecule has 0 saturated carbocycles. The van der Waals surface area contributed by atoms with Gasteiger partial charge in [-0.05, 0) is 24.3 Å². The molecule has 0 aliphatic carbocycles. The van der Waals surface area contributed by atoms with Crippen LogP contribution in [-0.4, -0.2) is 62.0 Å². The number of carbonyl (C=O) groups is 1. The van der Waals surface area contributed by atoms with Gasteiger partial charge in [0, 0.05) is 31.3 Å². The summed E-state index contributed by atoms with van der Waals surface area (Å²) in [6.07, 6.45) is 1.58. The number of hydrogen-bond donors (Lipinski definition) is 1. The van der Waals surface area contributed by atoms with Crippen molar-refractivity contribution in [2.24, 2.45) is 0 Å². The molecule has 0 atom stereocenters. The van der Waals surface area contributed by atoms with E-state index in [9.17, 15) is 4.79 Å². The molecular formula is C19H21N3O5. The first-order chi connectivity index (χ1) is 13.3. The average Bonchev–Trinajstić information content (AvgIpc) is 3.18. The number of carbonyl (C=O) groups excluding carboxylic acids is 1. The summed E-state index contributed by atoms with van der Waals surface area (Å²) >= 11 is 0. The van der Waals surface area contributed by atoms with E-state index in [1.165, 1.54) is 0 Å². The minimum atomic E-state index is -0.240. The number of ether oxygens (including phenoxy) is 4. The smallest absolute Gasteiger partial charge is 0.255 e. The van der Waals surface area contributed by atoms with Crippen LogP contribution in [0.5, 0.6) is 17.4 Å². The summed E-state index contributed by atoms with van der Waals surface area (Å²) in [6.45, 7) is 5.00. The van der Waals surface area contributed by atoms with E-state index in [0.29, 0.717) is 35.2 Å². The Hall–Kier alpha value is -2.84. The zero-order valence-corrected chi connectivity index (χ0v) is 14.8. The molecule has 2 aliphatic rings. The second-order valence-corrected chi connectivity index (χ2v) is 6.21. The molecule has 1 N–H and O–H groups in total. The van der Waals surface area contributed by atoms with Crippen molar-refractivity contribution in [3.05, 3.63) is 42.1 Å². The molecule has 2 aliphatic heterocycles. The summed E-state index contributed by atoms with van der Waals surface area (Å²) < 4.78 is 21.5. The lowest BCUT2D eigenvalue weighted by Crippen LogP contribution is -2.38. The van der Waals surface area contributed by atoms with Gasteiger partial charge in [0.15, 0.2) is 11.5 Å². The highest BCUT2D eigenvalue weighted by atomic mass is 16.7. The van der Waals surface area contributed by atoms with Gasteiger partial charge in [-0.3, -0.25) is 9.69 Å². The lowest BCUT2D eigenvalue weighted by atomic mass is 10.2. The molecule has 0 radical (unpaired) electrons. The first kappa shape index (κ1) is 17.6. The minimum Gasteiger partial charge on any atom is -0.476 e. The highest BCUT2D eigenvalue weighted by molar-refractivity contribution is 6.04. The predicted octanol–water partition coefficient (Wildman–Crippen LogP) is 1.77. The van der Waals surface area contributed by atoms with Crippen LogP contribution >= 0.6 is 0 Å². The molecule has 0 bridgehead atoms. The molecular weight excluding hydrogens is 350 g/mol. The Morgan fingerprint density at radius 1 is 1.15 bits per heavy atom. The third kappa shape index (κ3) is 4.47. The SMILES string of the molecule is O=C(Nc1ccc(OCCN2CCOCC2)nc1)c1ccc2c(c1)OCO2. The van der Waals surface area contributed by atoms with Gasteiger partial charge in [0.05, 0.1) is 25.1 Å². The fourth-order valence-corrected chi connectivity index (χ4v) is 2.88. The quantitative estimate of drug-likeness (QED) is 0.829. The van der Waals surface area contributed by atoms with Crippen LogP contribution in [-0.2, 0) is 4.74 Å². The zero-order valence-electron chi connectivity index (χ0n) is 14.8. The van der Waals surface area contributed by atoms with Crippen LogP contribution in [0.3, 0.4) is 0 Å². The molecule has 3 heterocycles. The second kappa shape index (κ2) is 8.24. The highest BCUT2D eigenvalue weighted by Crippen LogP contribution is 2.32. The number of aromatic nitrogens is 1. The molecule has 1 saturated heterocycles. The van der Waals surface area contributed by atoms with Gasteiger partial charge in [-0.15, -0.1) is 0 Å². The van der Waals surface area contributed by atoms with E-state index in [1.54, 1.807) is 36.5 Å². The van der Waals surface area contributed by atoms with E-state index >= 15 is 0 Å². The van der Waals surface area contributed by atoms with Crippen LogP contribution in [0.4, 0.5) is 5.69 Å². The lowest BCUT2D eigenvalue weighted by Gasteiger charge is -2.26. The Morgan fingerprint density at radius 3 is 2.81 bits per heavy atom. The lowest BCUT2D eigenvalue weighted by molar-refractivity contribution is 0.0320. The topological polar surface area (TPSA) is 82.2 Å². The number of anilines is 1. The number of nitrogens with one attached hydrogen (secondary N) is 1. The molecule has 8 nitrogen and oxygen atoms in total. The number of benzene rings is 1. The van der Waals surface area contributed by atoms with Gasteiger partial charge in [0.1, 0.15) is 6.61 Å². The van der Waals surface area contributed by atoms with Gasteiger partial charge < -0.3 is 24.3 Å². The van der Waals surface area contributed by atoms with E-state index in [0.717, 1.165) is 32.8 Å². The Bertz CT molecular complexity index is 790. The maximum absolute atomic E-state index is 12.4. The number of morpholine rings is 1. The van der Waals surface area contributed by atoms with Gasteiger partial charge in [-0.25, -0.2) is 4.98 Å². The van der Waals surface area contributed by atoms with Crippen LogP contribution in [0.2, 0.25) is 0 Å². The van der Waals surface area contributed by atoms with Crippen LogP contribution in [0.25, 0.3) is 0 Å². The number of amides is 1.